The zero-order valence-corrected chi connectivity index (χ0v) is 8.97. The predicted molar refractivity (Wildman–Crippen MR) is 54.9 cm³/mol. The first-order valence-electron chi connectivity index (χ1n) is 4.87. The molecule has 2 nitrogen and oxygen atoms in total. The molecule has 1 aromatic carbocycles. The maximum Gasteiger partial charge on any atom is 0.298 e. The summed E-state index contributed by atoms with van der Waals surface area (Å²) < 4.78 is 44.9. The number of nitrogens with two attached hydrogens (primary N) is 1. The van der Waals surface area contributed by atoms with Crippen molar-refractivity contribution in [1.29, 1.82) is 0 Å². The number of rotatable bonds is 5. The molecule has 0 saturated carbocycles. The van der Waals surface area contributed by atoms with Gasteiger partial charge in [0.2, 0.25) is 0 Å². The van der Waals surface area contributed by atoms with Crippen LogP contribution in [0, 0.1) is 5.82 Å². The zero-order valence-electron chi connectivity index (χ0n) is 8.97. The Morgan fingerprint density at radius 2 is 2.06 bits per heavy atom. The molecule has 1 aromatic rings. The van der Waals surface area contributed by atoms with Gasteiger partial charge < -0.3 is 10.5 Å². The fraction of sp³-hybridized carbons (Fsp3) is 0.455. The summed E-state index contributed by atoms with van der Waals surface area (Å²) in [5.74, 6) is -4.21. The molecule has 0 atom stereocenters. The largest absolute Gasteiger partial charge is 0.378 e. The normalized spacial score (nSPS) is 11.8. The van der Waals surface area contributed by atoms with Crippen molar-refractivity contribution < 1.29 is 17.9 Å². The number of halogens is 3. The highest BCUT2D eigenvalue weighted by atomic mass is 19.3. The van der Waals surface area contributed by atoms with Crippen LogP contribution >= 0.6 is 0 Å². The van der Waals surface area contributed by atoms with Crippen LogP contribution in [-0.2, 0) is 17.1 Å². The summed E-state index contributed by atoms with van der Waals surface area (Å²) in [4.78, 5) is 0. The van der Waals surface area contributed by atoms with Gasteiger partial charge in [-0.15, -0.1) is 0 Å². The first kappa shape index (κ1) is 13.0. The number of methoxy groups -OCH3 is 1. The van der Waals surface area contributed by atoms with Gasteiger partial charge in [0.25, 0.3) is 5.92 Å². The highest BCUT2D eigenvalue weighted by Gasteiger charge is 2.35. The first-order valence-corrected chi connectivity index (χ1v) is 4.87. The fourth-order valence-corrected chi connectivity index (χ4v) is 1.47. The molecule has 0 saturated heterocycles. The van der Waals surface area contributed by atoms with E-state index in [0.29, 0.717) is 0 Å². The third-order valence-corrected chi connectivity index (χ3v) is 2.21. The highest BCUT2D eigenvalue weighted by Crippen LogP contribution is 2.31. The van der Waals surface area contributed by atoms with E-state index < -0.39 is 23.9 Å². The van der Waals surface area contributed by atoms with E-state index in [1.54, 1.807) is 0 Å². The second kappa shape index (κ2) is 5.32. The Morgan fingerprint density at radius 3 is 2.62 bits per heavy atom. The third kappa shape index (κ3) is 2.74. The predicted octanol–water partition coefficient (Wildman–Crippen LogP) is 2.07. The molecule has 0 aliphatic heterocycles. The number of hydrogen-bond acceptors (Lipinski definition) is 2. The first-order chi connectivity index (χ1) is 7.53. The minimum Gasteiger partial charge on any atom is -0.378 e. The van der Waals surface area contributed by atoms with Gasteiger partial charge in [-0.05, 0) is 24.6 Å². The monoisotopic (exact) mass is 233 g/mol. The van der Waals surface area contributed by atoms with Crippen LogP contribution in [0.15, 0.2) is 18.2 Å². The summed E-state index contributed by atoms with van der Waals surface area (Å²) in [6.45, 7) is -0.619. The number of ether oxygens (including phenoxy) is 1. The van der Waals surface area contributed by atoms with Crippen molar-refractivity contribution in [2.24, 2.45) is 5.73 Å². The average molecular weight is 233 g/mol. The van der Waals surface area contributed by atoms with Crippen LogP contribution in [0.2, 0.25) is 0 Å². The second-order valence-electron chi connectivity index (χ2n) is 3.45. The minimum absolute atomic E-state index is 0.204. The molecule has 16 heavy (non-hydrogen) atoms. The van der Waals surface area contributed by atoms with Crippen molar-refractivity contribution in [2.75, 3.05) is 20.3 Å². The molecule has 0 unspecified atom stereocenters. The summed E-state index contributed by atoms with van der Waals surface area (Å²) >= 11 is 0. The summed E-state index contributed by atoms with van der Waals surface area (Å²) in [5.41, 5.74) is 4.83. The van der Waals surface area contributed by atoms with Gasteiger partial charge in [0.05, 0.1) is 5.56 Å². The molecular formula is C11H14F3NO. The molecule has 90 valence electrons. The quantitative estimate of drug-likeness (QED) is 0.844. The van der Waals surface area contributed by atoms with Crippen LogP contribution in [0.1, 0.15) is 11.1 Å². The molecule has 0 spiro atoms. The molecule has 0 heterocycles. The Morgan fingerprint density at radius 1 is 1.38 bits per heavy atom. The molecule has 1 rings (SSSR count). The van der Waals surface area contributed by atoms with Crippen molar-refractivity contribution in [1.82, 2.24) is 0 Å². The Bertz CT molecular complexity index is 355. The molecular weight excluding hydrogens is 219 g/mol. The Labute approximate surface area is 92.2 Å². The van der Waals surface area contributed by atoms with Gasteiger partial charge in [0.15, 0.2) is 0 Å². The van der Waals surface area contributed by atoms with Gasteiger partial charge in [-0.25, -0.2) is 4.39 Å². The second-order valence-corrected chi connectivity index (χ2v) is 3.45. The van der Waals surface area contributed by atoms with Crippen LogP contribution in [0.5, 0.6) is 0 Å². The standard InChI is InChI=1S/C11H14F3NO/c1-16-7-11(13,14)9-4-2-3-8(5-6-15)10(9)12/h2-4H,5-7,15H2,1H3. The van der Waals surface area contributed by atoms with Gasteiger partial charge in [-0.1, -0.05) is 12.1 Å². The minimum atomic E-state index is -3.32. The molecule has 2 N–H and O–H groups in total. The van der Waals surface area contributed by atoms with Crippen LogP contribution in [0.4, 0.5) is 13.2 Å². The van der Waals surface area contributed by atoms with E-state index in [1.807, 2.05) is 0 Å². The third-order valence-electron chi connectivity index (χ3n) is 2.21. The van der Waals surface area contributed by atoms with Crippen LogP contribution in [-0.4, -0.2) is 20.3 Å². The van der Waals surface area contributed by atoms with Crippen molar-refractivity contribution >= 4 is 0 Å². The lowest BCUT2D eigenvalue weighted by Crippen LogP contribution is -2.22. The van der Waals surface area contributed by atoms with Crippen molar-refractivity contribution in [3.05, 3.63) is 35.1 Å². The average Bonchev–Trinajstić information content (AvgIpc) is 2.21. The summed E-state index contributed by atoms with van der Waals surface area (Å²) in [5, 5.41) is 0. The zero-order chi connectivity index (χ0) is 12.2. The fourth-order valence-electron chi connectivity index (χ4n) is 1.47. The maximum atomic E-state index is 13.7. The number of hydrogen-bond donors (Lipinski definition) is 1. The van der Waals surface area contributed by atoms with Gasteiger partial charge in [-0.3, -0.25) is 0 Å². The van der Waals surface area contributed by atoms with E-state index in [4.69, 9.17) is 5.73 Å². The lowest BCUT2D eigenvalue weighted by atomic mass is 10.0. The molecule has 0 radical (unpaired) electrons. The number of benzene rings is 1. The Kier molecular flexibility index (Phi) is 4.32. The molecule has 0 fully saturated rings. The van der Waals surface area contributed by atoms with Crippen molar-refractivity contribution in [3.63, 3.8) is 0 Å². The summed E-state index contributed by atoms with van der Waals surface area (Å²) in [6, 6.07) is 3.91. The number of alkyl halides is 2. The Balaban J connectivity index is 3.09. The van der Waals surface area contributed by atoms with Crippen LogP contribution < -0.4 is 5.73 Å². The van der Waals surface area contributed by atoms with Crippen molar-refractivity contribution in [3.8, 4) is 0 Å². The topological polar surface area (TPSA) is 35.2 Å². The van der Waals surface area contributed by atoms with Crippen molar-refractivity contribution in [2.45, 2.75) is 12.3 Å². The lowest BCUT2D eigenvalue weighted by Gasteiger charge is -2.17. The van der Waals surface area contributed by atoms with Gasteiger partial charge in [-0.2, -0.15) is 8.78 Å². The maximum absolute atomic E-state index is 13.7. The molecule has 0 aliphatic carbocycles. The summed E-state index contributed by atoms with van der Waals surface area (Å²) in [6.07, 6.45) is 0.239. The lowest BCUT2D eigenvalue weighted by molar-refractivity contribution is -0.0722. The summed E-state index contributed by atoms with van der Waals surface area (Å²) in [7, 11) is 1.15. The van der Waals surface area contributed by atoms with E-state index in [0.717, 1.165) is 13.2 Å². The highest BCUT2D eigenvalue weighted by molar-refractivity contribution is 5.29. The van der Waals surface area contributed by atoms with Gasteiger partial charge in [0, 0.05) is 7.11 Å². The molecule has 0 bridgehead atoms. The van der Waals surface area contributed by atoms with Gasteiger partial charge >= 0.3 is 0 Å². The Hall–Kier alpha value is -1.07. The van der Waals surface area contributed by atoms with E-state index in [1.165, 1.54) is 12.1 Å². The SMILES string of the molecule is COCC(F)(F)c1cccc(CCN)c1F. The van der Waals surface area contributed by atoms with Crippen LogP contribution in [0.3, 0.4) is 0 Å². The van der Waals surface area contributed by atoms with E-state index in [2.05, 4.69) is 4.74 Å². The van der Waals surface area contributed by atoms with E-state index in [-0.39, 0.29) is 18.5 Å². The van der Waals surface area contributed by atoms with E-state index >= 15 is 0 Å². The molecule has 0 aliphatic rings. The molecule has 0 amide bonds. The smallest absolute Gasteiger partial charge is 0.298 e. The molecule has 5 heteroatoms. The molecule has 0 aromatic heterocycles. The van der Waals surface area contributed by atoms with Crippen LogP contribution in [0.25, 0.3) is 0 Å². The van der Waals surface area contributed by atoms with E-state index in [9.17, 15) is 13.2 Å². The van der Waals surface area contributed by atoms with Gasteiger partial charge in [0.1, 0.15) is 12.4 Å².